The molecular weight excluding hydrogens is 309 g/mol. The standard InChI is InChI=1S/C13H15F3N2O2.ClH/c1-9-8-18(7-6-17-9)12(19)10-4-2-3-5-11(10)20-13(14,15)16;/h2-5,9,17H,6-8H2,1H3;1H/t9-;/m1./s1. The molecule has 1 fully saturated rings. The Morgan fingerprint density at radius 3 is 2.67 bits per heavy atom. The molecule has 0 unspecified atom stereocenters. The summed E-state index contributed by atoms with van der Waals surface area (Å²) in [4.78, 5) is 13.8. The van der Waals surface area contributed by atoms with Gasteiger partial charge in [0, 0.05) is 25.7 Å². The summed E-state index contributed by atoms with van der Waals surface area (Å²) in [7, 11) is 0. The third kappa shape index (κ3) is 4.78. The first-order valence-corrected chi connectivity index (χ1v) is 6.24. The Morgan fingerprint density at radius 1 is 1.38 bits per heavy atom. The van der Waals surface area contributed by atoms with Gasteiger partial charge in [0.15, 0.2) is 0 Å². The quantitative estimate of drug-likeness (QED) is 0.908. The molecule has 0 radical (unpaired) electrons. The van der Waals surface area contributed by atoms with E-state index in [4.69, 9.17) is 0 Å². The molecule has 1 saturated heterocycles. The second-order valence-electron chi connectivity index (χ2n) is 4.65. The lowest BCUT2D eigenvalue weighted by Gasteiger charge is -2.32. The van der Waals surface area contributed by atoms with Crippen molar-refractivity contribution in [2.75, 3.05) is 19.6 Å². The van der Waals surface area contributed by atoms with Crippen molar-refractivity contribution in [1.82, 2.24) is 10.2 Å². The molecule has 8 heteroatoms. The number of alkyl halides is 3. The number of nitrogens with zero attached hydrogens (tertiary/aromatic N) is 1. The molecule has 118 valence electrons. The van der Waals surface area contributed by atoms with Gasteiger partial charge in [-0.2, -0.15) is 0 Å². The van der Waals surface area contributed by atoms with Crippen LogP contribution in [-0.2, 0) is 0 Å². The van der Waals surface area contributed by atoms with E-state index in [1.165, 1.54) is 23.1 Å². The normalized spacial score (nSPS) is 18.9. The third-order valence-corrected chi connectivity index (χ3v) is 3.00. The van der Waals surface area contributed by atoms with E-state index >= 15 is 0 Å². The minimum Gasteiger partial charge on any atom is -0.405 e. The molecular formula is C13H16ClF3N2O2. The highest BCUT2D eigenvalue weighted by Gasteiger charge is 2.33. The number of rotatable bonds is 2. The van der Waals surface area contributed by atoms with Crippen molar-refractivity contribution in [3.05, 3.63) is 29.8 Å². The van der Waals surface area contributed by atoms with Crippen LogP contribution in [0.2, 0.25) is 0 Å². The fraction of sp³-hybridized carbons (Fsp3) is 0.462. The zero-order valence-electron chi connectivity index (χ0n) is 11.3. The van der Waals surface area contributed by atoms with Crippen molar-refractivity contribution in [1.29, 1.82) is 0 Å². The highest BCUT2D eigenvalue weighted by atomic mass is 35.5. The maximum atomic E-state index is 12.3. The van der Waals surface area contributed by atoms with Crippen molar-refractivity contribution in [3.63, 3.8) is 0 Å². The minimum absolute atomic E-state index is 0. The molecule has 4 nitrogen and oxygen atoms in total. The van der Waals surface area contributed by atoms with Gasteiger partial charge in [0.05, 0.1) is 5.56 Å². The molecule has 0 aromatic heterocycles. The van der Waals surface area contributed by atoms with Gasteiger partial charge in [-0.05, 0) is 19.1 Å². The van der Waals surface area contributed by atoms with Crippen molar-refractivity contribution in [3.8, 4) is 5.75 Å². The number of para-hydroxylation sites is 1. The second kappa shape index (κ2) is 7.00. The van der Waals surface area contributed by atoms with E-state index in [-0.39, 0.29) is 24.0 Å². The molecule has 0 aliphatic carbocycles. The van der Waals surface area contributed by atoms with Gasteiger partial charge in [0.2, 0.25) is 0 Å². The number of ether oxygens (including phenoxy) is 1. The van der Waals surface area contributed by atoms with Crippen molar-refractivity contribution in [2.24, 2.45) is 0 Å². The Hall–Kier alpha value is -1.47. The van der Waals surface area contributed by atoms with Gasteiger partial charge in [0.1, 0.15) is 5.75 Å². The van der Waals surface area contributed by atoms with Crippen LogP contribution in [-0.4, -0.2) is 42.8 Å². The van der Waals surface area contributed by atoms with Crippen LogP contribution in [0.3, 0.4) is 0 Å². The van der Waals surface area contributed by atoms with Crippen LogP contribution in [0.25, 0.3) is 0 Å². The minimum atomic E-state index is -4.81. The summed E-state index contributed by atoms with van der Waals surface area (Å²) in [6, 6.07) is 5.52. The molecule has 1 aliphatic heterocycles. The molecule has 21 heavy (non-hydrogen) atoms. The number of carbonyl (C=O) groups excluding carboxylic acids is 1. The summed E-state index contributed by atoms with van der Waals surface area (Å²) in [6.07, 6.45) is -4.81. The summed E-state index contributed by atoms with van der Waals surface area (Å²) >= 11 is 0. The number of nitrogens with one attached hydrogen (secondary N) is 1. The number of carbonyl (C=O) groups is 1. The predicted octanol–water partition coefficient (Wildman–Crippen LogP) is 2.44. The summed E-state index contributed by atoms with van der Waals surface area (Å²) in [5, 5.41) is 3.17. The molecule has 1 aromatic rings. The first kappa shape index (κ1) is 17.6. The van der Waals surface area contributed by atoms with E-state index in [0.717, 1.165) is 6.07 Å². The maximum absolute atomic E-state index is 12.3. The monoisotopic (exact) mass is 324 g/mol. The van der Waals surface area contributed by atoms with Crippen LogP contribution < -0.4 is 10.1 Å². The van der Waals surface area contributed by atoms with E-state index < -0.39 is 18.0 Å². The first-order valence-electron chi connectivity index (χ1n) is 6.24. The van der Waals surface area contributed by atoms with Crippen molar-refractivity contribution >= 4 is 18.3 Å². The smallest absolute Gasteiger partial charge is 0.405 e. The lowest BCUT2D eigenvalue weighted by atomic mass is 10.1. The van der Waals surface area contributed by atoms with Gasteiger partial charge in [0.25, 0.3) is 5.91 Å². The summed E-state index contributed by atoms with van der Waals surface area (Å²) in [6.45, 7) is 3.45. The average molecular weight is 325 g/mol. The van der Waals surface area contributed by atoms with Crippen LogP contribution in [0.1, 0.15) is 17.3 Å². The fourth-order valence-electron chi connectivity index (χ4n) is 2.14. The lowest BCUT2D eigenvalue weighted by Crippen LogP contribution is -2.51. The zero-order valence-corrected chi connectivity index (χ0v) is 12.1. The van der Waals surface area contributed by atoms with Crippen LogP contribution in [0.5, 0.6) is 5.75 Å². The summed E-state index contributed by atoms with van der Waals surface area (Å²) < 4.78 is 40.9. The first-order chi connectivity index (χ1) is 9.37. The van der Waals surface area contributed by atoms with E-state index in [1.807, 2.05) is 6.92 Å². The van der Waals surface area contributed by atoms with E-state index in [0.29, 0.717) is 19.6 Å². The number of amides is 1. The van der Waals surface area contributed by atoms with Crippen molar-refractivity contribution < 1.29 is 22.7 Å². The zero-order chi connectivity index (χ0) is 14.8. The largest absolute Gasteiger partial charge is 0.573 e. The van der Waals surface area contributed by atoms with Gasteiger partial charge in [-0.3, -0.25) is 4.79 Å². The Balaban J connectivity index is 0.00000220. The Morgan fingerprint density at radius 2 is 2.05 bits per heavy atom. The lowest BCUT2D eigenvalue weighted by molar-refractivity contribution is -0.274. The highest BCUT2D eigenvalue weighted by Crippen LogP contribution is 2.27. The molecule has 1 aromatic carbocycles. The molecule has 2 rings (SSSR count). The molecule has 0 spiro atoms. The number of benzene rings is 1. The number of piperazine rings is 1. The number of hydrogen-bond donors (Lipinski definition) is 1. The van der Waals surface area contributed by atoms with Crippen LogP contribution >= 0.6 is 12.4 Å². The van der Waals surface area contributed by atoms with E-state index in [1.54, 1.807) is 0 Å². The molecule has 1 heterocycles. The Labute approximate surface area is 126 Å². The predicted molar refractivity (Wildman–Crippen MR) is 73.7 cm³/mol. The highest BCUT2D eigenvalue weighted by molar-refractivity contribution is 5.97. The van der Waals surface area contributed by atoms with Crippen LogP contribution in [0, 0.1) is 0 Å². The van der Waals surface area contributed by atoms with Gasteiger partial charge in [-0.1, -0.05) is 12.1 Å². The number of hydrogen-bond acceptors (Lipinski definition) is 3. The molecule has 1 amide bonds. The third-order valence-electron chi connectivity index (χ3n) is 3.00. The molecule has 0 saturated carbocycles. The van der Waals surface area contributed by atoms with Gasteiger partial charge in [-0.25, -0.2) is 0 Å². The second-order valence-corrected chi connectivity index (χ2v) is 4.65. The molecule has 1 aliphatic rings. The maximum Gasteiger partial charge on any atom is 0.573 e. The summed E-state index contributed by atoms with van der Waals surface area (Å²) in [5.74, 6) is -0.908. The fourth-order valence-corrected chi connectivity index (χ4v) is 2.14. The molecule has 0 bridgehead atoms. The van der Waals surface area contributed by atoms with Gasteiger partial charge in [-0.15, -0.1) is 25.6 Å². The van der Waals surface area contributed by atoms with Crippen molar-refractivity contribution in [2.45, 2.75) is 19.3 Å². The topological polar surface area (TPSA) is 41.6 Å². The van der Waals surface area contributed by atoms with Crippen LogP contribution in [0.15, 0.2) is 24.3 Å². The Bertz CT molecular complexity index is 497. The van der Waals surface area contributed by atoms with E-state index in [2.05, 4.69) is 10.1 Å². The summed E-state index contributed by atoms with van der Waals surface area (Å²) in [5.41, 5.74) is -0.0704. The van der Waals surface area contributed by atoms with Crippen LogP contribution in [0.4, 0.5) is 13.2 Å². The molecule has 1 atom stereocenters. The number of halogens is 4. The SMILES string of the molecule is C[C@@H]1CN(C(=O)c2ccccc2OC(F)(F)F)CCN1.Cl. The van der Waals surface area contributed by atoms with Gasteiger partial charge >= 0.3 is 6.36 Å². The average Bonchev–Trinajstić information content (AvgIpc) is 2.37. The van der Waals surface area contributed by atoms with Gasteiger partial charge < -0.3 is 15.0 Å². The van der Waals surface area contributed by atoms with E-state index in [9.17, 15) is 18.0 Å². The Kier molecular flexibility index (Phi) is 5.86. The molecule has 1 N–H and O–H groups in total.